The molecule has 1 rings (SSSR count). The molecule has 0 radical (unpaired) electrons. The van der Waals surface area contributed by atoms with Gasteiger partial charge in [0.1, 0.15) is 0 Å². The van der Waals surface area contributed by atoms with Crippen LogP contribution in [0.1, 0.15) is 5.56 Å². The third-order valence-corrected chi connectivity index (χ3v) is 1.75. The van der Waals surface area contributed by atoms with Crippen molar-refractivity contribution >= 4 is 11.7 Å². The Labute approximate surface area is 90.5 Å². The fourth-order valence-corrected chi connectivity index (χ4v) is 1.10. The molecule has 82 valence electrons. The summed E-state index contributed by atoms with van der Waals surface area (Å²) in [6.07, 6.45) is 0. The third-order valence-electron chi connectivity index (χ3n) is 1.75. The van der Waals surface area contributed by atoms with Gasteiger partial charge in [-0.1, -0.05) is 17.7 Å². The number of aryl methyl sites for hydroxylation is 1. The Kier molecular flexibility index (Phi) is 3.31. The van der Waals surface area contributed by atoms with Crippen molar-refractivity contribution < 1.29 is 9.39 Å². The van der Waals surface area contributed by atoms with Crippen LogP contribution in [0.4, 0.5) is 10.5 Å². The highest BCUT2D eigenvalue weighted by atomic mass is 16.2. The number of amides is 2. The number of hydrogen-bond acceptors (Lipinski definition) is 1. The number of carbonyl (C=O) groups excluding carboxylic acids is 1. The van der Waals surface area contributed by atoms with Gasteiger partial charge in [0.15, 0.2) is 0 Å². The van der Waals surface area contributed by atoms with E-state index in [1.807, 2.05) is 52.3 Å². The lowest BCUT2D eigenvalue weighted by atomic mass is 10.2. The van der Waals surface area contributed by atoms with Gasteiger partial charge in [-0.3, -0.25) is 0 Å². The molecule has 0 fully saturated rings. The van der Waals surface area contributed by atoms with Crippen LogP contribution < -0.4 is 10.7 Å². The van der Waals surface area contributed by atoms with E-state index in [0.717, 1.165) is 5.69 Å². The van der Waals surface area contributed by atoms with Crippen molar-refractivity contribution in [3.05, 3.63) is 29.8 Å². The van der Waals surface area contributed by atoms with Crippen molar-refractivity contribution in [2.75, 3.05) is 26.5 Å². The van der Waals surface area contributed by atoms with Crippen molar-refractivity contribution in [3.63, 3.8) is 0 Å². The predicted octanol–water partition coefficient (Wildman–Crippen LogP) is 1.74. The van der Waals surface area contributed by atoms with Crippen LogP contribution in [0.2, 0.25) is 0 Å². The molecule has 1 aromatic rings. The standard InChI is InChI=1S/C11H17N3O/c1-9-5-7-10(8-6-9)12-11(15)13-14(2,3)4/h5-8H,1-4H3,(H-,12,13,15)/p+1. The zero-order valence-corrected chi connectivity index (χ0v) is 9.66. The van der Waals surface area contributed by atoms with Crippen molar-refractivity contribution in [2.45, 2.75) is 6.92 Å². The van der Waals surface area contributed by atoms with Crippen LogP contribution in [-0.4, -0.2) is 31.8 Å². The molecule has 4 nitrogen and oxygen atoms in total. The highest BCUT2D eigenvalue weighted by molar-refractivity contribution is 5.88. The number of nitrogens with zero attached hydrogens (tertiary/aromatic N) is 1. The van der Waals surface area contributed by atoms with Gasteiger partial charge in [0.2, 0.25) is 0 Å². The van der Waals surface area contributed by atoms with Gasteiger partial charge in [-0.2, -0.15) is 5.43 Å². The molecule has 2 amide bonds. The lowest BCUT2D eigenvalue weighted by Crippen LogP contribution is -2.52. The Morgan fingerprint density at radius 2 is 1.67 bits per heavy atom. The number of carbonyl (C=O) groups is 1. The SMILES string of the molecule is Cc1ccc(NC(=O)N[N+](C)(C)C)cc1. The molecule has 15 heavy (non-hydrogen) atoms. The molecule has 0 spiro atoms. The second kappa shape index (κ2) is 4.31. The zero-order valence-electron chi connectivity index (χ0n) is 9.66. The molecule has 0 aromatic heterocycles. The summed E-state index contributed by atoms with van der Waals surface area (Å²) in [5, 5.41) is 2.76. The second-order valence-electron chi connectivity index (χ2n) is 4.44. The van der Waals surface area contributed by atoms with Gasteiger partial charge in [0.05, 0.1) is 21.1 Å². The lowest BCUT2D eigenvalue weighted by Gasteiger charge is -2.23. The Hall–Kier alpha value is -1.55. The van der Waals surface area contributed by atoms with E-state index in [9.17, 15) is 4.79 Å². The average molecular weight is 208 g/mol. The quantitative estimate of drug-likeness (QED) is 0.564. The summed E-state index contributed by atoms with van der Waals surface area (Å²) < 4.78 is 0.387. The molecule has 0 heterocycles. The van der Waals surface area contributed by atoms with E-state index in [4.69, 9.17) is 0 Å². The molecule has 0 bridgehead atoms. The molecule has 0 aliphatic rings. The van der Waals surface area contributed by atoms with Gasteiger partial charge >= 0.3 is 6.03 Å². The monoisotopic (exact) mass is 208 g/mol. The van der Waals surface area contributed by atoms with Gasteiger partial charge in [0.25, 0.3) is 0 Å². The minimum absolute atomic E-state index is 0.202. The number of urea groups is 1. The van der Waals surface area contributed by atoms with E-state index < -0.39 is 0 Å². The first-order chi connectivity index (χ1) is 6.87. The highest BCUT2D eigenvalue weighted by Crippen LogP contribution is 2.08. The van der Waals surface area contributed by atoms with Gasteiger partial charge in [0, 0.05) is 5.69 Å². The molecule has 2 N–H and O–H groups in total. The van der Waals surface area contributed by atoms with Crippen LogP contribution in [0, 0.1) is 6.92 Å². The molecule has 4 heteroatoms. The molecule has 0 aliphatic heterocycles. The highest BCUT2D eigenvalue weighted by Gasteiger charge is 2.11. The molecule has 0 saturated carbocycles. The Morgan fingerprint density at radius 3 is 2.13 bits per heavy atom. The molecular formula is C11H18N3O+. The van der Waals surface area contributed by atoms with Crippen LogP contribution in [0.5, 0.6) is 0 Å². The third kappa shape index (κ3) is 4.46. The maximum Gasteiger partial charge on any atom is 0.363 e. The van der Waals surface area contributed by atoms with Crippen molar-refractivity contribution in [1.29, 1.82) is 0 Å². The van der Waals surface area contributed by atoms with Crippen LogP contribution in [0.25, 0.3) is 0 Å². The largest absolute Gasteiger partial charge is 0.363 e. The minimum atomic E-state index is -0.202. The van der Waals surface area contributed by atoms with Crippen molar-refractivity contribution in [2.24, 2.45) is 0 Å². The molecule has 1 aromatic carbocycles. The fraction of sp³-hybridized carbons (Fsp3) is 0.364. The summed E-state index contributed by atoms with van der Waals surface area (Å²) in [6.45, 7) is 2.01. The number of quaternary nitrogens is 1. The molecular weight excluding hydrogens is 190 g/mol. The first kappa shape index (κ1) is 11.5. The maximum atomic E-state index is 11.5. The molecule has 0 atom stereocenters. The first-order valence-electron chi connectivity index (χ1n) is 4.84. The van der Waals surface area contributed by atoms with Gasteiger partial charge in [-0.15, -0.1) is 0 Å². The lowest BCUT2D eigenvalue weighted by molar-refractivity contribution is -0.905. The van der Waals surface area contributed by atoms with Gasteiger partial charge < -0.3 is 5.32 Å². The number of hydrogen-bond donors (Lipinski definition) is 2. The van der Waals surface area contributed by atoms with Crippen LogP contribution >= 0.6 is 0 Å². The van der Waals surface area contributed by atoms with E-state index in [0.29, 0.717) is 4.59 Å². The van der Waals surface area contributed by atoms with E-state index in [1.165, 1.54) is 5.56 Å². The second-order valence-corrected chi connectivity index (χ2v) is 4.44. The number of anilines is 1. The van der Waals surface area contributed by atoms with Crippen molar-refractivity contribution in [1.82, 2.24) is 5.43 Å². The van der Waals surface area contributed by atoms with Crippen molar-refractivity contribution in [3.8, 4) is 0 Å². The maximum absolute atomic E-state index is 11.5. The Balaban J connectivity index is 2.55. The summed E-state index contributed by atoms with van der Waals surface area (Å²) in [6, 6.07) is 7.48. The summed E-state index contributed by atoms with van der Waals surface area (Å²) in [5.41, 5.74) is 4.74. The van der Waals surface area contributed by atoms with Crippen LogP contribution in [-0.2, 0) is 0 Å². The summed E-state index contributed by atoms with van der Waals surface area (Å²) in [4.78, 5) is 11.5. The van der Waals surface area contributed by atoms with Crippen LogP contribution in [0.3, 0.4) is 0 Å². The first-order valence-corrected chi connectivity index (χ1v) is 4.84. The van der Waals surface area contributed by atoms with E-state index in [-0.39, 0.29) is 6.03 Å². The van der Waals surface area contributed by atoms with E-state index in [2.05, 4.69) is 10.7 Å². The predicted molar refractivity (Wildman–Crippen MR) is 61.4 cm³/mol. The summed E-state index contributed by atoms with van der Waals surface area (Å²) >= 11 is 0. The van der Waals surface area contributed by atoms with E-state index in [1.54, 1.807) is 0 Å². The molecule has 0 unspecified atom stereocenters. The fourth-order valence-electron chi connectivity index (χ4n) is 1.10. The van der Waals surface area contributed by atoms with E-state index >= 15 is 0 Å². The van der Waals surface area contributed by atoms with Gasteiger partial charge in [-0.05, 0) is 19.1 Å². The average Bonchev–Trinajstić information content (AvgIpc) is 2.05. The number of benzene rings is 1. The zero-order chi connectivity index (χ0) is 11.5. The Morgan fingerprint density at radius 1 is 1.13 bits per heavy atom. The summed E-state index contributed by atoms with van der Waals surface area (Å²) in [7, 11) is 5.65. The summed E-state index contributed by atoms with van der Waals surface area (Å²) in [5.74, 6) is 0. The minimum Gasteiger partial charge on any atom is -0.304 e. The van der Waals surface area contributed by atoms with Crippen LogP contribution in [0.15, 0.2) is 24.3 Å². The smallest absolute Gasteiger partial charge is 0.304 e. The molecule has 0 aliphatic carbocycles. The normalized spacial score (nSPS) is 10.9. The van der Waals surface area contributed by atoms with Gasteiger partial charge in [-0.25, -0.2) is 9.39 Å². The number of nitrogens with one attached hydrogen (secondary N) is 2. The number of rotatable bonds is 2. The Bertz CT molecular complexity index is 338. The topological polar surface area (TPSA) is 41.1 Å². The molecule has 0 saturated heterocycles.